The van der Waals surface area contributed by atoms with E-state index in [9.17, 15) is 4.79 Å². The number of nitrogens with zero attached hydrogens (tertiary/aromatic N) is 1. The first-order chi connectivity index (χ1) is 9.29. The first kappa shape index (κ1) is 10.4. The third-order valence-corrected chi connectivity index (χ3v) is 3.56. The van der Waals surface area contributed by atoms with Gasteiger partial charge in [0.25, 0.3) is 5.56 Å². The predicted octanol–water partition coefficient (Wildman–Crippen LogP) is 1.83. The van der Waals surface area contributed by atoms with Crippen molar-refractivity contribution in [3.8, 4) is 0 Å². The lowest BCUT2D eigenvalue weighted by atomic mass is 10.1. The molecule has 2 heterocycles. The van der Waals surface area contributed by atoms with Crippen molar-refractivity contribution < 1.29 is 4.42 Å². The molecule has 5 nitrogen and oxygen atoms in total. The van der Waals surface area contributed by atoms with Crippen molar-refractivity contribution in [1.82, 2.24) is 4.57 Å². The Bertz CT molecular complexity index is 829. The maximum atomic E-state index is 12.4. The Hall–Kier alpha value is -2.53. The lowest BCUT2D eigenvalue weighted by Gasteiger charge is -2.07. The van der Waals surface area contributed by atoms with Gasteiger partial charge in [-0.1, -0.05) is 0 Å². The highest BCUT2D eigenvalue weighted by Gasteiger charge is 2.39. The van der Waals surface area contributed by atoms with Gasteiger partial charge in [0.15, 0.2) is 0 Å². The molecular weight excluding hydrogens is 242 g/mol. The van der Waals surface area contributed by atoms with Crippen LogP contribution in [0.5, 0.6) is 0 Å². The Kier molecular flexibility index (Phi) is 1.91. The summed E-state index contributed by atoms with van der Waals surface area (Å²) in [5.41, 5.74) is 4.42. The van der Waals surface area contributed by atoms with E-state index < -0.39 is 0 Å². The van der Waals surface area contributed by atoms with Crippen molar-refractivity contribution in [1.29, 1.82) is 0 Å². The topological polar surface area (TPSA) is 73.2 Å². The molecule has 4 rings (SSSR count). The van der Waals surface area contributed by atoms with Gasteiger partial charge in [-0.25, -0.2) is 0 Å². The van der Waals surface area contributed by atoms with Crippen LogP contribution in [0.3, 0.4) is 0 Å². The molecule has 19 heavy (non-hydrogen) atoms. The zero-order valence-corrected chi connectivity index (χ0v) is 9.96. The number of hydrogen-bond acceptors (Lipinski definition) is 4. The number of pyridine rings is 1. The highest BCUT2D eigenvalue weighted by Crippen LogP contribution is 2.44. The van der Waals surface area contributed by atoms with Gasteiger partial charge < -0.3 is 9.84 Å². The number of furan rings is 1. The number of nitrogens with one attached hydrogen (secondary N) is 1. The van der Waals surface area contributed by atoms with Gasteiger partial charge in [-0.2, -0.15) is 0 Å². The molecule has 3 N–H and O–H groups in total. The van der Waals surface area contributed by atoms with Crippen LogP contribution in [0, 0.1) is 0 Å². The minimum atomic E-state index is -0.0192. The van der Waals surface area contributed by atoms with Crippen LogP contribution < -0.4 is 16.8 Å². The minimum absolute atomic E-state index is 0.0162. The van der Waals surface area contributed by atoms with Crippen LogP contribution in [-0.4, -0.2) is 4.57 Å². The van der Waals surface area contributed by atoms with Gasteiger partial charge in [-0.15, -0.1) is 0 Å². The summed E-state index contributed by atoms with van der Waals surface area (Å²) in [4.78, 5) is 12.4. The number of hydrazine groups is 1. The van der Waals surface area contributed by atoms with E-state index in [1.165, 1.54) is 0 Å². The summed E-state index contributed by atoms with van der Waals surface area (Å²) in [5, 5.41) is 1.55. The minimum Gasteiger partial charge on any atom is -0.466 e. The fraction of sp³-hybridized carbons (Fsp3) is 0.0714. The lowest BCUT2D eigenvalue weighted by molar-refractivity contribution is 0.512. The molecule has 0 amide bonds. The molecule has 0 spiro atoms. The summed E-state index contributed by atoms with van der Waals surface area (Å²) in [7, 11) is 0. The zero-order valence-electron chi connectivity index (χ0n) is 9.96. The number of fused-ring (bicyclic) bond motifs is 2. The standard InChI is InChI=1S/C14H11N3O2/c15-16-9-1-2-10-8(7-9)3-5-17(14(10)18)12-11-4-6-19-13(11)12/h1-7,12,16H,15H2. The maximum absolute atomic E-state index is 12.4. The molecule has 1 atom stereocenters. The van der Waals surface area contributed by atoms with Gasteiger partial charge >= 0.3 is 0 Å². The molecule has 1 aliphatic rings. The first-order valence-corrected chi connectivity index (χ1v) is 5.98. The Morgan fingerprint density at radius 2 is 2.16 bits per heavy atom. The number of rotatable bonds is 2. The number of nitrogen functional groups attached to an aromatic ring is 1. The maximum Gasteiger partial charge on any atom is 0.259 e. The second-order valence-corrected chi connectivity index (χ2v) is 4.62. The van der Waals surface area contributed by atoms with Crippen molar-refractivity contribution in [2.45, 2.75) is 6.04 Å². The van der Waals surface area contributed by atoms with E-state index in [-0.39, 0.29) is 11.6 Å². The van der Waals surface area contributed by atoms with Crippen molar-refractivity contribution in [3.05, 3.63) is 64.5 Å². The molecule has 1 unspecified atom stereocenters. The molecule has 0 saturated heterocycles. The molecule has 2 aromatic heterocycles. The molecule has 0 aliphatic heterocycles. The fourth-order valence-electron chi connectivity index (χ4n) is 2.52. The highest BCUT2D eigenvalue weighted by atomic mass is 16.3. The van der Waals surface area contributed by atoms with Crippen LogP contribution in [0.4, 0.5) is 5.69 Å². The monoisotopic (exact) mass is 253 g/mol. The van der Waals surface area contributed by atoms with Crippen LogP contribution in [-0.2, 0) is 0 Å². The summed E-state index contributed by atoms with van der Waals surface area (Å²) in [6.07, 6.45) is 3.44. The normalized spacial score (nSPS) is 16.4. The smallest absolute Gasteiger partial charge is 0.259 e. The summed E-state index contributed by atoms with van der Waals surface area (Å²) in [5.74, 6) is 6.24. The van der Waals surface area contributed by atoms with E-state index in [4.69, 9.17) is 10.3 Å². The molecule has 0 bridgehead atoms. The second kappa shape index (κ2) is 3.49. The van der Waals surface area contributed by atoms with E-state index in [1.807, 2.05) is 18.2 Å². The van der Waals surface area contributed by atoms with Crippen molar-refractivity contribution in [2.24, 2.45) is 5.84 Å². The van der Waals surface area contributed by atoms with E-state index >= 15 is 0 Å². The van der Waals surface area contributed by atoms with Gasteiger partial charge in [0.05, 0.1) is 6.26 Å². The number of hydrogen-bond donors (Lipinski definition) is 2. The van der Waals surface area contributed by atoms with Gasteiger partial charge in [-0.3, -0.25) is 15.2 Å². The van der Waals surface area contributed by atoms with E-state index in [0.717, 1.165) is 22.4 Å². The fourth-order valence-corrected chi connectivity index (χ4v) is 2.52. The molecule has 5 heteroatoms. The summed E-state index contributed by atoms with van der Waals surface area (Å²) >= 11 is 0. The number of benzene rings is 1. The van der Waals surface area contributed by atoms with E-state index in [1.54, 1.807) is 29.2 Å². The van der Waals surface area contributed by atoms with E-state index in [2.05, 4.69) is 5.43 Å². The van der Waals surface area contributed by atoms with Crippen LogP contribution in [0.15, 0.2) is 52.0 Å². The van der Waals surface area contributed by atoms with Crippen LogP contribution in [0.1, 0.15) is 17.4 Å². The summed E-state index contributed by atoms with van der Waals surface area (Å²) in [6, 6.07) is 9.22. The highest BCUT2D eigenvalue weighted by molar-refractivity contribution is 5.84. The zero-order chi connectivity index (χ0) is 13.0. The average Bonchev–Trinajstić information content (AvgIpc) is 2.91. The Morgan fingerprint density at radius 1 is 1.26 bits per heavy atom. The average molecular weight is 253 g/mol. The van der Waals surface area contributed by atoms with Crippen molar-refractivity contribution in [2.75, 3.05) is 5.43 Å². The van der Waals surface area contributed by atoms with Gasteiger partial charge in [0, 0.05) is 22.8 Å². The van der Waals surface area contributed by atoms with Gasteiger partial charge in [0.1, 0.15) is 11.8 Å². The molecule has 94 valence electrons. The third kappa shape index (κ3) is 1.36. The molecule has 3 aromatic rings. The molecule has 0 radical (unpaired) electrons. The van der Waals surface area contributed by atoms with Crippen LogP contribution >= 0.6 is 0 Å². The largest absolute Gasteiger partial charge is 0.466 e. The Morgan fingerprint density at radius 3 is 2.89 bits per heavy atom. The molecular formula is C14H11N3O2. The number of aromatic nitrogens is 1. The third-order valence-electron chi connectivity index (χ3n) is 3.56. The molecule has 1 aliphatic carbocycles. The van der Waals surface area contributed by atoms with E-state index in [0.29, 0.717) is 5.39 Å². The Labute approximate surface area is 108 Å². The molecule has 1 aromatic carbocycles. The van der Waals surface area contributed by atoms with Gasteiger partial charge in [-0.05, 0) is 35.7 Å². The van der Waals surface area contributed by atoms with Crippen molar-refractivity contribution in [3.63, 3.8) is 0 Å². The molecule has 0 fully saturated rings. The summed E-state index contributed by atoms with van der Waals surface area (Å²) < 4.78 is 7.01. The van der Waals surface area contributed by atoms with Crippen LogP contribution in [0.25, 0.3) is 10.8 Å². The van der Waals surface area contributed by atoms with Gasteiger partial charge in [0.2, 0.25) is 0 Å². The summed E-state index contributed by atoms with van der Waals surface area (Å²) in [6.45, 7) is 0. The predicted molar refractivity (Wildman–Crippen MR) is 72.0 cm³/mol. The number of nitrogens with two attached hydrogens (primary N) is 1. The molecule has 0 saturated carbocycles. The lowest BCUT2D eigenvalue weighted by Crippen LogP contribution is -2.19. The first-order valence-electron chi connectivity index (χ1n) is 5.98. The Balaban J connectivity index is 1.89. The van der Waals surface area contributed by atoms with Crippen LogP contribution in [0.2, 0.25) is 0 Å². The number of anilines is 1. The quantitative estimate of drug-likeness (QED) is 0.422. The SMILES string of the molecule is NNc1ccc2c(=O)n(C3c4ccoc43)ccc2c1. The second-order valence-electron chi connectivity index (χ2n) is 4.62. The van der Waals surface area contributed by atoms with Crippen molar-refractivity contribution >= 4 is 16.5 Å².